The van der Waals surface area contributed by atoms with Gasteiger partial charge >= 0.3 is 5.97 Å². The van der Waals surface area contributed by atoms with E-state index in [1.807, 2.05) is 19.1 Å². The number of pyridine rings is 1. The van der Waals surface area contributed by atoms with Gasteiger partial charge in [-0.15, -0.1) is 0 Å². The van der Waals surface area contributed by atoms with Crippen molar-refractivity contribution < 1.29 is 28.9 Å². The summed E-state index contributed by atoms with van der Waals surface area (Å²) in [5.74, 6) is -0.367. The van der Waals surface area contributed by atoms with E-state index in [2.05, 4.69) is 4.98 Å². The van der Waals surface area contributed by atoms with Gasteiger partial charge in [0, 0.05) is 30.1 Å². The Hall–Kier alpha value is -3.13. The van der Waals surface area contributed by atoms with E-state index in [0.717, 1.165) is 5.56 Å². The van der Waals surface area contributed by atoms with Crippen molar-refractivity contribution >= 4 is 11.9 Å². The molecule has 1 atom stereocenters. The second kappa shape index (κ2) is 9.18. The number of amides is 1. The van der Waals surface area contributed by atoms with Crippen LogP contribution in [0.15, 0.2) is 42.7 Å². The topological polar surface area (TPSA) is 98.2 Å². The molecule has 1 fully saturated rings. The second-order valence-corrected chi connectivity index (χ2v) is 6.19. The van der Waals surface area contributed by atoms with Crippen LogP contribution in [0.5, 0.6) is 11.5 Å². The summed E-state index contributed by atoms with van der Waals surface area (Å²) < 4.78 is 16.6. The van der Waals surface area contributed by atoms with Gasteiger partial charge in [-0.3, -0.25) is 9.78 Å². The summed E-state index contributed by atoms with van der Waals surface area (Å²) in [5.41, 5.74) is 1.32. The third kappa shape index (κ3) is 4.77. The lowest BCUT2D eigenvalue weighted by Crippen LogP contribution is -2.48. The SMILES string of the molecule is CCOc1cc(C(=O)N2CCO[C@H](C(=O)O)C2)ccc1OCc1cccnc1. The van der Waals surface area contributed by atoms with Crippen molar-refractivity contribution in [2.45, 2.75) is 19.6 Å². The maximum Gasteiger partial charge on any atom is 0.334 e. The van der Waals surface area contributed by atoms with Crippen molar-refractivity contribution in [3.8, 4) is 11.5 Å². The van der Waals surface area contributed by atoms with Crippen LogP contribution in [0, 0.1) is 0 Å². The number of carbonyl (C=O) groups is 2. The van der Waals surface area contributed by atoms with Gasteiger partial charge in [0.05, 0.1) is 19.8 Å². The fourth-order valence-corrected chi connectivity index (χ4v) is 2.84. The number of morpholine rings is 1. The van der Waals surface area contributed by atoms with E-state index in [1.54, 1.807) is 30.6 Å². The lowest BCUT2D eigenvalue weighted by Gasteiger charge is -2.31. The van der Waals surface area contributed by atoms with Crippen LogP contribution in [0.25, 0.3) is 0 Å². The van der Waals surface area contributed by atoms with Gasteiger partial charge in [0.25, 0.3) is 5.91 Å². The number of carboxylic acid groups (broad SMARTS) is 1. The fourth-order valence-electron chi connectivity index (χ4n) is 2.84. The summed E-state index contributed by atoms with van der Waals surface area (Å²) in [5, 5.41) is 9.11. The van der Waals surface area contributed by atoms with E-state index in [-0.39, 0.29) is 19.1 Å². The molecule has 0 radical (unpaired) electrons. The van der Waals surface area contributed by atoms with Gasteiger partial charge in [0.1, 0.15) is 6.61 Å². The Morgan fingerprint density at radius 3 is 2.86 bits per heavy atom. The van der Waals surface area contributed by atoms with Gasteiger partial charge in [-0.2, -0.15) is 0 Å². The number of aromatic nitrogens is 1. The molecule has 0 aliphatic carbocycles. The molecule has 1 aliphatic heterocycles. The highest BCUT2D eigenvalue weighted by Gasteiger charge is 2.29. The van der Waals surface area contributed by atoms with Crippen LogP contribution in [0.2, 0.25) is 0 Å². The van der Waals surface area contributed by atoms with E-state index < -0.39 is 12.1 Å². The van der Waals surface area contributed by atoms with Crippen molar-refractivity contribution in [1.82, 2.24) is 9.88 Å². The fraction of sp³-hybridized carbons (Fsp3) is 0.350. The third-order valence-corrected chi connectivity index (χ3v) is 4.24. The molecule has 1 aliphatic rings. The highest BCUT2D eigenvalue weighted by molar-refractivity contribution is 5.95. The van der Waals surface area contributed by atoms with Crippen molar-refractivity contribution in [2.75, 3.05) is 26.3 Å². The first-order chi connectivity index (χ1) is 13.6. The minimum absolute atomic E-state index is 0.0113. The molecule has 8 nitrogen and oxygen atoms in total. The van der Waals surface area contributed by atoms with Gasteiger partial charge < -0.3 is 24.2 Å². The molecule has 1 saturated heterocycles. The minimum atomic E-state index is -1.08. The molecule has 3 rings (SSSR count). The Bertz CT molecular complexity index is 827. The molecule has 1 amide bonds. The van der Waals surface area contributed by atoms with E-state index in [4.69, 9.17) is 19.3 Å². The normalized spacial score (nSPS) is 16.5. The summed E-state index contributed by atoms with van der Waals surface area (Å²) in [6.07, 6.45) is 2.40. The highest BCUT2D eigenvalue weighted by Crippen LogP contribution is 2.30. The standard InChI is InChI=1S/C20H22N2O6/c1-2-26-17-10-15(19(23)22-8-9-27-18(12-22)20(24)25)5-6-16(17)28-13-14-4-3-7-21-11-14/h3-7,10-11,18H,2,8-9,12-13H2,1H3,(H,24,25)/t18-/m0/s1. The predicted octanol–water partition coefficient (Wildman–Crippen LogP) is 1.98. The Balaban J connectivity index is 1.74. The van der Waals surface area contributed by atoms with Gasteiger partial charge in [-0.1, -0.05) is 6.07 Å². The molecule has 148 valence electrons. The monoisotopic (exact) mass is 386 g/mol. The minimum Gasteiger partial charge on any atom is -0.490 e. The smallest absolute Gasteiger partial charge is 0.334 e. The lowest BCUT2D eigenvalue weighted by atomic mass is 10.1. The van der Waals surface area contributed by atoms with E-state index in [0.29, 0.717) is 36.8 Å². The Morgan fingerprint density at radius 2 is 2.14 bits per heavy atom. The summed E-state index contributed by atoms with van der Waals surface area (Å²) in [6.45, 7) is 3.12. The number of ether oxygens (including phenoxy) is 3. The van der Waals surface area contributed by atoms with E-state index >= 15 is 0 Å². The molecule has 1 N–H and O–H groups in total. The van der Waals surface area contributed by atoms with Crippen LogP contribution in [-0.2, 0) is 16.1 Å². The van der Waals surface area contributed by atoms with E-state index in [9.17, 15) is 9.59 Å². The molecular weight excluding hydrogens is 364 g/mol. The van der Waals surface area contributed by atoms with Crippen LogP contribution in [0.4, 0.5) is 0 Å². The summed E-state index contributed by atoms with van der Waals surface area (Å²) >= 11 is 0. The number of aliphatic carboxylic acids is 1. The Labute approximate surface area is 162 Å². The number of benzene rings is 1. The molecule has 1 aromatic heterocycles. The van der Waals surface area contributed by atoms with Gasteiger partial charge in [0.2, 0.25) is 0 Å². The molecule has 28 heavy (non-hydrogen) atoms. The molecular formula is C20H22N2O6. The first kappa shape index (κ1) is 19.6. The maximum absolute atomic E-state index is 12.8. The summed E-state index contributed by atoms with van der Waals surface area (Å²) in [4.78, 5) is 29.4. The largest absolute Gasteiger partial charge is 0.490 e. The molecule has 2 aromatic rings. The van der Waals surface area contributed by atoms with Crippen molar-refractivity contribution in [3.63, 3.8) is 0 Å². The van der Waals surface area contributed by atoms with Crippen LogP contribution < -0.4 is 9.47 Å². The van der Waals surface area contributed by atoms with Crippen LogP contribution in [0.1, 0.15) is 22.8 Å². The van der Waals surface area contributed by atoms with Crippen molar-refractivity contribution in [1.29, 1.82) is 0 Å². The number of carboxylic acids is 1. The number of rotatable bonds is 7. The Kier molecular flexibility index (Phi) is 6.44. The zero-order chi connectivity index (χ0) is 19.9. The number of hydrogen-bond donors (Lipinski definition) is 1. The molecule has 0 spiro atoms. The zero-order valence-corrected chi connectivity index (χ0v) is 15.5. The van der Waals surface area contributed by atoms with Crippen LogP contribution in [-0.4, -0.2) is 59.3 Å². The lowest BCUT2D eigenvalue weighted by molar-refractivity contribution is -0.154. The average Bonchev–Trinajstić information content (AvgIpc) is 2.73. The average molecular weight is 386 g/mol. The first-order valence-corrected chi connectivity index (χ1v) is 9.00. The first-order valence-electron chi connectivity index (χ1n) is 9.00. The van der Waals surface area contributed by atoms with Crippen LogP contribution >= 0.6 is 0 Å². The summed E-state index contributed by atoms with van der Waals surface area (Å²) in [7, 11) is 0. The molecule has 0 unspecified atom stereocenters. The molecule has 0 bridgehead atoms. The molecule has 8 heteroatoms. The quantitative estimate of drug-likeness (QED) is 0.777. The number of carbonyl (C=O) groups excluding carboxylic acids is 1. The van der Waals surface area contributed by atoms with Gasteiger partial charge in [-0.25, -0.2) is 4.79 Å². The van der Waals surface area contributed by atoms with Crippen molar-refractivity contribution in [3.05, 3.63) is 53.9 Å². The molecule has 1 aromatic carbocycles. The maximum atomic E-state index is 12.8. The molecule has 2 heterocycles. The highest BCUT2D eigenvalue weighted by atomic mass is 16.5. The zero-order valence-electron chi connectivity index (χ0n) is 15.5. The summed E-state index contributed by atoms with van der Waals surface area (Å²) in [6, 6.07) is 8.69. The molecule has 0 saturated carbocycles. The van der Waals surface area contributed by atoms with Crippen molar-refractivity contribution in [2.24, 2.45) is 0 Å². The van der Waals surface area contributed by atoms with Gasteiger partial charge in [-0.05, 0) is 31.2 Å². The third-order valence-electron chi connectivity index (χ3n) is 4.24. The second-order valence-electron chi connectivity index (χ2n) is 6.19. The Morgan fingerprint density at radius 1 is 1.29 bits per heavy atom. The number of nitrogens with zero attached hydrogens (tertiary/aromatic N) is 2. The van der Waals surface area contributed by atoms with Crippen LogP contribution in [0.3, 0.4) is 0 Å². The number of hydrogen-bond acceptors (Lipinski definition) is 6. The van der Waals surface area contributed by atoms with Gasteiger partial charge in [0.15, 0.2) is 17.6 Å². The predicted molar refractivity (Wildman–Crippen MR) is 99.5 cm³/mol. The van der Waals surface area contributed by atoms with E-state index in [1.165, 1.54) is 4.90 Å².